The highest BCUT2D eigenvalue weighted by Gasteiger charge is 2.13. The molecule has 1 amide bonds. The van der Waals surface area contributed by atoms with Crippen LogP contribution < -0.4 is 14.8 Å². The van der Waals surface area contributed by atoms with Crippen molar-refractivity contribution in [2.24, 2.45) is 0 Å². The second-order valence-electron chi connectivity index (χ2n) is 5.16. The molecule has 0 spiro atoms. The molecule has 2 aromatic carbocycles. The van der Waals surface area contributed by atoms with Gasteiger partial charge in [-0.15, -0.1) is 0 Å². The second-order valence-corrected chi connectivity index (χ2v) is 6.08. The topological polar surface area (TPSA) is 60.7 Å². The third-order valence-corrected chi connectivity index (χ3v) is 4.10. The van der Waals surface area contributed by atoms with Crippen LogP contribution in [-0.2, 0) is 6.54 Å². The van der Waals surface area contributed by atoms with E-state index in [0.29, 0.717) is 23.6 Å². The van der Waals surface area contributed by atoms with Gasteiger partial charge >= 0.3 is 0 Å². The Bertz CT molecular complexity index is 888. The predicted molar refractivity (Wildman–Crippen MR) is 94.6 cm³/mol. The highest BCUT2D eigenvalue weighted by molar-refractivity contribution is 9.10. The van der Waals surface area contributed by atoms with Gasteiger partial charge in [-0.25, -0.2) is 0 Å². The van der Waals surface area contributed by atoms with Crippen molar-refractivity contribution in [1.29, 1.82) is 0 Å². The van der Waals surface area contributed by atoms with Gasteiger partial charge in [-0.3, -0.25) is 4.79 Å². The van der Waals surface area contributed by atoms with E-state index in [-0.39, 0.29) is 11.7 Å². The molecule has 0 aliphatic heterocycles. The lowest BCUT2D eigenvalue weighted by molar-refractivity contribution is 0.0925. The fraction of sp³-hybridized carbons (Fsp3) is 0.167. The van der Waals surface area contributed by atoms with Crippen molar-refractivity contribution >= 4 is 32.8 Å². The van der Waals surface area contributed by atoms with E-state index in [0.717, 1.165) is 15.4 Å². The fourth-order valence-corrected chi connectivity index (χ4v) is 2.72. The summed E-state index contributed by atoms with van der Waals surface area (Å²) < 4.78 is 17.0. The fourth-order valence-electron chi connectivity index (χ4n) is 2.38. The van der Waals surface area contributed by atoms with Gasteiger partial charge in [0.1, 0.15) is 5.58 Å². The van der Waals surface area contributed by atoms with E-state index in [2.05, 4.69) is 21.2 Å². The van der Waals surface area contributed by atoms with Gasteiger partial charge in [-0.05, 0) is 42.0 Å². The molecule has 6 heteroatoms. The van der Waals surface area contributed by atoms with E-state index in [1.54, 1.807) is 26.4 Å². The molecule has 0 fully saturated rings. The lowest BCUT2D eigenvalue weighted by Crippen LogP contribution is -2.22. The third-order valence-electron chi connectivity index (χ3n) is 3.61. The molecule has 3 rings (SSSR count). The van der Waals surface area contributed by atoms with Gasteiger partial charge in [-0.1, -0.05) is 22.0 Å². The normalized spacial score (nSPS) is 10.6. The molecule has 0 aliphatic rings. The number of methoxy groups -OCH3 is 2. The Morgan fingerprint density at radius 1 is 1.08 bits per heavy atom. The Morgan fingerprint density at radius 3 is 2.62 bits per heavy atom. The van der Waals surface area contributed by atoms with Crippen LogP contribution in [0.4, 0.5) is 0 Å². The van der Waals surface area contributed by atoms with Gasteiger partial charge in [-0.2, -0.15) is 0 Å². The maximum atomic E-state index is 12.3. The minimum Gasteiger partial charge on any atom is -0.493 e. The van der Waals surface area contributed by atoms with Crippen LogP contribution in [0.25, 0.3) is 11.0 Å². The first-order valence-corrected chi connectivity index (χ1v) is 8.08. The van der Waals surface area contributed by atoms with Crippen molar-refractivity contribution in [3.8, 4) is 11.5 Å². The molecule has 0 saturated heterocycles. The van der Waals surface area contributed by atoms with E-state index in [9.17, 15) is 4.79 Å². The molecule has 0 radical (unpaired) electrons. The standard InChI is InChI=1S/C18H16BrNO4/c1-22-14-6-3-11(7-16(14)23-2)10-20-18(21)17-8-12-4-5-13(19)9-15(12)24-17/h3-9H,10H2,1-2H3,(H,20,21). The molecule has 5 nitrogen and oxygen atoms in total. The molecular weight excluding hydrogens is 374 g/mol. The van der Waals surface area contributed by atoms with E-state index in [4.69, 9.17) is 13.9 Å². The molecule has 3 aromatic rings. The molecule has 0 bridgehead atoms. The molecule has 0 aliphatic carbocycles. The second kappa shape index (κ2) is 6.97. The molecule has 1 aromatic heterocycles. The highest BCUT2D eigenvalue weighted by atomic mass is 79.9. The lowest BCUT2D eigenvalue weighted by atomic mass is 10.2. The maximum Gasteiger partial charge on any atom is 0.287 e. The van der Waals surface area contributed by atoms with Gasteiger partial charge in [0, 0.05) is 16.4 Å². The number of rotatable bonds is 5. The monoisotopic (exact) mass is 389 g/mol. The number of furan rings is 1. The van der Waals surface area contributed by atoms with Crippen molar-refractivity contribution < 1.29 is 18.7 Å². The van der Waals surface area contributed by atoms with Crippen LogP contribution >= 0.6 is 15.9 Å². The smallest absolute Gasteiger partial charge is 0.287 e. The van der Waals surface area contributed by atoms with Gasteiger partial charge in [0.15, 0.2) is 17.3 Å². The van der Waals surface area contributed by atoms with Crippen molar-refractivity contribution in [1.82, 2.24) is 5.32 Å². The van der Waals surface area contributed by atoms with E-state index in [1.165, 1.54) is 0 Å². The van der Waals surface area contributed by atoms with Crippen molar-refractivity contribution in [2.45, 2.75) is 6.54 Å². The summed E-state index contributed by atoms with van der Waals surface area (Å²) >= 11 is 3.38. The summed E-state index contributed by atoms with van der Waals surface area (Å²) in [5.41, 5.74) is 1.57. The number of halogens is 1. The largest absolute Gasteiger partial charge is 0.493 e. The minimum absolute atomic E-state index is 0.267. The molecule has 0 atom stereocenters. The van der Waals surface area contributed by atoms with Gasteiger partial charge in [0.05, 0.1) is 14.2 Å². The molecule has 0 saturated carbocycles. The number of nitrogens with one attached hydrogen (secondary N) is 1. The summed E-state index contributed by atoms with van der Waals surface area (Å²) in [4.78, 5) is 12.3. The quantitative estimate of drug-likeness (QED) is 0.711. The Hall–Kier alpha value is -2.47. The Labute approximate surface area is 147 Å². The number of ether oxygens (including phenoxy) is 2. The molecule has 1 heterocycles. The number of carbonyl (C=O) groups is 1. The zero-order valence-electron chi connectivity index (χ0n) is 13.3. The number of fused-ring (bicyclic) bond motifs is 1. The molecular formula is C18H16BrNO4. The summed E-state index contributed by atoms with van der Waals surface area (Å²) in [6.45, 7) is 0.361. The third kappa shape index (κ3) is 3.38. The van der Waals surface area contributed by atoms with Crippen LogP contribution in [0.15, 0.2) is 51.4 Å². The van der Waals surface area contributed by atoms with Crippen molar-refractivity contribution in [3.63, 3.8) is 0 Å². The Kier molecular flexibility index (Phi) is 4.76. The van der Waals surface area contributed by atoms with Crippen molar-refractivity contribution in [3.05, 3.63) is 58.3 Å². The number of amides is 1. The van der Waals surface area contributed by atoms with Crippen LogP contribution in [0.5, 0.6) is 11.5 Å². The molecule has 124 valence electrons. The zero-order chi connectivity index (χ0) is 17.1. The number of hydrogen-bond donors (Lipinski definition) is 1. The first kappa shape index (κ1) is 16.4. The Morgan fingerprint density at radius 2 is 1.88 bits per heavy atom. The first-order valence-electron chi connectivity index (χ1n) is 7.29. The van der Waals surface area contributed by atoms with Gasteiger partial charge < -0.3 is 19.2 Å². The van der Waals surface area contributed by atoms with Crippen LogP contribution in [0.2, 0.25) is 0 Å². The molecule has 24 heavy (non-hydrogen) atoms. The summed E-state index contributed by atoms with van der Waals surface area (Å²) in [5, 5.41) is 3.72. The van der Waals surface area contributed by atoms with Crippen LogP contribution in [0.1, 0.15) is 16.1 Å². The van der Waals surface area contributed by atoms with Crippen LogP contribution in [-0.4, -0.2) is 20.1 Å². The number of carbonyl (C=O) groups excluding carboxylic acids is 1. The summed E-state index contributed by atoms with van der Waals surface area (Å²) in [6, 6.07) is 12.9. The van der Waals surface area contributed by atoms with Gasteiger partial charge in [0.2, 0.25) is 0 Å². The highest BCUT2D eigenvalue weighted by Crippen LogP contribution is 2.27. The van der Waals surface area contributed by atoms with E-state index >= 15 is 0 Å². The maximum absolute atomic E-state index is 12.3. The molecule has 1 N–H and O–H groups in total. The van der Waals surface area contributed by atoms with Crippen LogP contribution in [0, 0.1) is 0 Å². The van der Waals surface area contributed by atoms with Gasteiger partial charge in [0.25, 0.3) is 5.91 Å². The van der Waals surface area contributed by atoms with Crippen molar-refractivity contribution in [2.75, 3.05) is 14.2 Å². The Balaban J connectivity index is 1.72. The number of hydrogen-bond acceptors (Lipinski definition) is 4. The number of benzene rings is 2. The summed E-state index contributed by atoms with van der Waals surface area (Å²) in [7, 11) is 3.16. The average molecular weight is 390 g/mol. The first-order chi connectivity index (χ1) is 11.6. The zero-order valence-corrected chi connectivity index (χ0v) is 14.8. The summed E-state index contributed by atoms with van der Waals surface area (Å²) in [5.74, 6) is 1.29. The minimum atomic E-state index is -0.267. The lowest BCUT2D eigenvalue weighted by Gasteiger charge is -2.09. The predicted octanol–water partition coefficient (Wildman–Crippen LogP) is 4.14. The SMILES string of the molecule is COc1ccc(CNC(=O)c2cc3ccc(Br)cc3o2)cc1OC. The molecule has 0 unspecified atom stereocenters. The van der Waals surface area contributed by atoms with E-state index in [1.807, 2.05) is 30.3 Å². The average Bonchev–Trinajstić information content (AvgIpc) is 3.02. The van der Waals surface area contributed by atoms with E-state index < -0.39 is 0 Å². The van der Waals surface area contributed by atoms with Crippen LogP contribution in [0.3, 0.4) is 0 Å². The summed E-state index contributed by atoms with van der Waals surface area (Å²) in [6.07, 6.45) is 0.